The third-order valence-corrected chi connectivity index (χ3v) is 2.00. The lowest BCUT2D eigenvalue weighted by molar-refractivity contribution is 0.355. The normalized spacial score (nSPS) is 10.4. The van der Waals surface area contributed by atoms with E-state index in [9.17, 15) is 4.79 Å². The van der Waals surface area contributed by atoms with Gasteiger partial charge in [0.25, 0.3) is 0 Å². The molecule has 0 aliphatic carbocycles. The Bertz CT molecular complexity index is 511. The van der Waals surface area contributed by atoms with Gasteiger partial charge < -0.3 is 14.0 Å². The first-order valence-corrected chi connectivity index (χ1v) is 3.99. The van der Waals surface area contributed by atoms with E-state index in [2.05, 4.69) is 9.68 Å². The van der Waals surface area contributed by atoms with Crippen molar-refractivity contribution in [1.82, 2.24) is 5.16 Å². The average molecular weight is 195 g/mol. The molecule has 1 aromatic carbocycles. The highest BCUT2D eigenvalue weighted by atomic mass is 16.5. The molecule has 0 amide bonds. The molecule has 0 saturated carbocycles. The van der Waals surface area contributed by atoms with E-state index in [4.69, 9.17) is 9.47 Å². The minimum absolute atomic E-state index is 0.416. The summed E-state index contributed by atoms with van der Waals surface area (Å²) in [5.74, 6) is 1.06. The Hall–Kier alpha value is -1.91. The molecule has 2 rings (SSSR count). The van der Waals surface area contributed by atoms with E-state index >= 15 is 0 Å². The van der Waals surface area contributed by atoms with Crippen molar-refractivity contribution >= 4 is 10.9 Å². The predicted molar refractivity (Wildman–Crippen MR) is 49.9 cm³/mol. The summed E-state index contributed by atoms with van der Waals surface area (Å²) >= 11 is 0. The molecule has 1 aromatic heterocycles. The fraction of sp³-hybridized carbons (Fsp3) is 0.222. The summed E-state index contributed by atoms with van der Waals surface area (Å²) < 4.78 is 14.7. The van der Waals surface area contributed by atoms with Crippen LogP contribution in [0.15, 0.2) is 21.5 Å². The van der Waals surface area contributed by atoms with Crippen LogP contribution in [0.5, 0.6) is 11.5 Å². The first-order chi connectivity index (χ1) is 6.76. The van der Waals surface area contributed by atoms with Gasteiger partial charge in [-0.25, -0.2) is 9.95 Å². The molecule has 5 heteroatoms. The number of aromatic amines is 1. The van der Waals surface area contributed by atoms with Crippen molar-refractivity contribution in [3.63, 3.8) is 0 Å². The quantitative estimate of drug-likeness (QED) is 0.780. The van der Waals surface area contributed by atoms with Crippen LogP contribution in [0.3, 0.4) is 0 Å². The molecule has 1 heterocycles. The van der Waals surface area contributed by atoms with Crippen LogP contribution < -0.4 is 15.1 Å². The molecule has 1 N–H and O–H groups in total. The van der Waals surface area contributed by atoms with Gasteiger partial charge in [0.2, 0.25) is 0 Å². The number of fused-ring (bicyclic) bond motifs is 1. The minimum atomic E-state index is -0.416. The summed E-state index contributed by atoms with van der Waals surface area (Å²) in [5.41, 5.74) is 0.175. The molecular formula is C9H9NO4. The van der Waals surface area contributed by atoms with Crippen molar-refractivity contribution in [2.75, 3.05) is 14.2 Å². The Morgan fingerprint density at radius 3 is 2.50 bits per heavy atom. The molecule has 0 aliphatic rings. The largest absolute Gasteiger partial charge is 0.493 e. The van der Waals surface area contributed by atoms with E-state index in [1.54, 1.807) is 12.1 Å². The van der Waals surface area contributed by atoms with Crippen LogP contribution in [0.4, 0.5) is 0 Å². The lowest BCUT2D eigenvalue weighted by atomic mass is 10.2. The van der Waals surface area contributed by atoms with Gasteiger partial charge in [0, 0.05) is 12.1 Å². The summed E-state index contributed by atoms with van der Waals surface area (Å²) in [6, 6.07) is 3.23. The number of hydrogen-bond donors (Lipinski definition) is 1. The lowest BCUT2D eigenvalue weighted by Gasteiger charge is -2.05. The van der Waals surface area contributed by atoms with Gasteiger partial charge in [-0.2, -0.15) is 0 Å². The molecule has 14 heavy (non-hydrogen) atoms. The number of rotatable bonds is 2. The van der Waals surface area contributed by atoms with Crippen molar-refractivity contribution < 1.29 is 14.0 Å². The van der Waals surface area contributed by atoms with Crippen LogP contribution in [0.2, 0.25) is 0 Å². The smallest absolute Gasteiger partial charge is 0.365 e. The maximum absolute atomic E-state index is 11.2. The van der Waals surface area contributed by atoms with Crippen molar-refractivity contribution in [3.8, 4) is 11.5 Å². The van der Waals surface area contributed by atoms with Crippen LogP contribution in [-0.4, -0.2) is 19.4 Å². The van der Waals surface area contributed by atoms with Gasteiger partial charge in [-0.1, -0.05) is 0 Å². The molecule has 0 saturated heterocycles. The molecule has 0 atom stereocenters. The zero-order valence-electron chi connectivity index (χ0n) is 7.79. The molecule has 74 valence electrons. The van der Waals surface area contributed by atoms with Crippen LogP contribution in [0.1, 0.15) is 0 Å². The van der Waals surface area contributed by atoms with Crippen LogP contribution >= 0.6 is 0 Å². The maximum Gasteiger partial charge on any atom is 0.365 e. The maximum atomic E-state index is 11.2. The fourth-order valence-corrected chi connectivity index (χ4v) is 1.29. The molecule has 0 spiro atoms. The summed E-state index contributed by atoms with van der Waals surface area (Å²) in [6.45, 7) is 0. The Labute approximate surface area is 79.2 Å². The van der Waals surface area contributed by atoms with Crippen molar-refractivity contribution in [1.29, 1.82) is 0 Å². The summed E-state index contributed by atoms with van der Waals surface area (Å²) in [6.07, 6.45) is 0. The predicted octanol–water partition coefficient (Wildman–Crippen LogP) is 1.14. The molecule has 5 nitrogen and oxygen atoms in total. The minimum Gasteiger partial charge on any atom is -0.493 e. The zero-order valence-corrected chi connectivity index (χ0v) is 7.79. The first kappa shape index (κ1) is 8.68. The first-order valence-electron chi connectivity index (χ1n) is 3.99. The summed E-state index contributed by atoms with van der Waals surface area (Å²) in [5, 5.41) is 2.94. The van der Waals surface area contributed by atoms with Crippen molar-refractivity contribution in [3.05, 3.63) is 22.6 Å². The van der Waals surface area contributed by atoms with Crippen molar-refractivity contribution in [2.45, 2.75) is 0 Å². The van der Waals surface area contributed by atoms with E-state index in [-0.39, 0.29) is 0 Å². The summed E-state index contributed by atoms with van der Waals surface area (Å²) in [7, 11) is 3.04. The molecule has 0 bridgehead atoms. The van der Waals surface area contributed by atoms with Crippen molar-refractivity contribution in [2.24, 2.45) is 0 Å². The van der Waals surface area contributed by atoms with E-state index in [1.165, 1.54) is 14.2 Å². The number of aromatic nitrogens is 1. The Balaban J connectivity index is 2.77. The van der Waals surface area contributed by atoms with Gasteiger partial charge in [-0.15, -0.1) is 0 Å². The van der Waals surface area contributed by atoms with E-state index in [0.29, 0.717) is 22.4 Å². The third-order valence-electron chi connectivity index (χ3n) is 2.00. The Kier molecular flexibility index (Phi) is 1.92. The highest BCUT2D eigenvalue weighted by Gasteiger charge is 2.10. The number of H-pyrrole nitrogens is 1. The fourth-order valence-electron chi connectivity index (χ4n) is 1.29. The highest BCUT2D eigenvalue weighted by Crippen LogP contribution is 2.29. The topological polar surface area (TPSA) is 64.5 Å². The average Bonchev–Trinajstić information content (AvgIpc) is 2.58. The Morgan fingerprint density at radius 1 is 1.21 bits per heavy atom. The second-order valence-corrected chi connectivity index (χ2v) is 2.74. The van der Waals surface area contributed by atoms with Gasteiger partial charge in [-0.3, -0.25) is 0 Å². The second-order valence-electron chi connectivity index (χ2n) is 2.74. The molecule has 0 unspecified atom stereocenters. The van der Waals surface area contributed by atoms with Crippen LogP contribution in [0.25, 0.3) is 10.9 Å². The highest BCUT2D eigenvalue weighted by molar-refractivity contribution is 5.81. The van der Waals surface area contributed by atoms with Crippen LogP contribution in [-0.2, 0) is 0 Å². The molecule has 0 fully saturated rings. The molecule has 0 aliphatic heterocycles. The van der Waals surface area contributed by atoms with Crippen LogP contribution in [0, 0.1) is 0 Å². The number of benzene rings is 1. The summed E-state index contributed by atoms with van der Waals surface area (Å²) in [4.78, 5) is 11.2. The van der Waals surface area contributed by atoms with Gasteiger partial charge in [0.15, 0.2) is 11.5 Å². The lowest BCUT2D eigenvalue weighted by Crippen LogP contribution is -1.94. The third kappa shape index (κ3) is 1.14. The SMILES string of the molecule is COc1cc2[nH]oc(=O)c2cc1OC. The van der Waals surface area contributed by atoms with Gasteiger partial charge in [-0.05, 0) is 0 Å². The Morgan fingerprint density at radius 2 is 1.86 bits per heavy atom. The van der Waals surface area contributed by atoms with Gasteiger partial charge in [0.1, 0.15) is 0 Å². The second kappa shape index (κ2) is 3.10. The standard InChI is InChI=1S/C9H9NO4/c1-12-7-3-5-6(4-8(7)13-2)10-14-9(5)11/h3-4,10H,1-2H3. The number of ether oxygens (including phenoxy) is 2. The van der Waals surface area contributed by atoms with E-state index in [1.807, 2.05) is 0 Å². The van der Waals surface area contributed by atoms with Gasteiger partial charge in [0.05, 0.1) is 25.1 Å². The van der Waals surface area contributed by atoms with Gasteiger partial charge >= 0.3 is 5.63 Å². The molecular weight excluding hydrogens is 186 g/mol. The monoisotopic (exact) mass is 195 g/mol. The molecule has 2 aromatic rings. The number of hydrogen-bond acceptors (Lipinski definition) is 4. The molecule has 0 radical (unpaired) electrons. The van der Waals surface area contributed by atoms with E-state index < -0.39 is 5.63 Å². The number of methoxy groups -OCH3 is 2. The zero-order chi connectivity index (χ0) is 10.1. The van der Waals surface area contributed by atoms with E-state index in [0.717, 1.165) is 0 Å². The number of nitrogens with one attached hydrogen (secondary N) is 1.